The molecule has 2 aromatic rings. The van der Waals surface area contributed by atoms with Crippen molar-refractivity contribution in [1.29, 1.82) is 0 Å². The molecule has 6 nitrogen and oxygen atoms in total. The maximum atomic E-state index is 5.71. The first-order valence-electron chi connectivity index (χ1n) is 6.41. The van der Waals surface area contributed by atoms with Crippen LogP contribution in [0.4, 0.5) is 11.7 Å². The number of likely N-dealkylation sites (N-methyl/N-ethyl adjacent to an activating group) is 1. The van der Waals surface area contributed by atoms with Crippen molar-refractivity contribution >= 4 is 22.8 Å². The number of nitrogens with two attached hydrogens (primary N) is 1. The first-order valence-corrected chi connectivity index (χ1v) is 6.41. The van der Waals surface area contributed by atoms with Gasteiger partial charge in [-0.25, -0.2) is 0 Å². The maximum Gasteiger partial charge on any atom is 0.295 e. The highest BCUT2D eigenvalue weighted by Gasteiger charge is 2.18. The number of benzene rings is 1. The Morgan fingerprint density at radius 1 is 1.53 bits per heavy atom. The maximum absolute atomic E-state index is 5.71. The van der Waals surface area contributed by atoms with Gasteiger partial charge in [0, 0.05) is 25.3 Å². The Balaban J connectivity index is 1.65. The van der Waals surface area contributed by atoms with Crippen LogP contribution in [0.15, 0.2) is 22.6 Å². The van der Waals surface area contributed by atoms with Crippen molar-refractivity contribution < 1.29 is 9.15 Å². The Bertz CT molecular complexity index is 569. The zero-order valence-corrected chi connectivity index (χ0v) is 10.9. The molecule has 0 bridgehead atoms. The summed E-state index contributed by atoms with van der Waals surface area (Å²) in [6, 6.07) is 5.94. The zero-order valence-electron chi connectivity index (χ0n) is 10.9. The highest BCUT2D eigenvalue weighted by molar-refractivity contribution is 5.78. The number of ether oxygens (including phenoxy) is 1. The number of nitrogens with zero attached hydrogens (tertiary/aromatic N) is 2. The number of nitrogen functional groups attached to an aromatic ring is 1. The van der Waals surface area contributed by atoms with E-state index in [4.69, 9.17) is 14.9 Å². The van der Waals surface area contributed by atoms with E-state index in [0.717, 1.165) is 30.8 Å². The molecule has 0 radical (unpaired) electrons. The molecule has 0 aliphatic carbocycles. The molecule has 6 heteroatoms. The van der Waals surface area contributed by atoms with Crippen molar-refractivity contribution in [2.75, 3.05) is 44.3 Å². The Hall–Kier alpha value is -1.79. The molecule has 1 unspecified atom stereocenters. The minimum Gasteiger partial charge on any atom is -0.424 e. The van der Waals surface area contributed by atoms with Gasteiger partial charge in [-0.15, -0.1) is 0 Å². The predicted octanol–water partition coefficient (Wildman–Crippen LogP) is 1.15. The highest BCUT2D eigenvalue weighted by Crippen LogP contribution is 2.21. The largest absolute Gasteiger partial charge is 0.424 e. The molecule has 0 spiro atoms. The van der Waals surface area contributed by atoms with E-state index in [0.29, 0.717) is 18.2 Å². The number of hydrogen-bond donors (Lipinski definition) is 2. The van der Waals surface area contributed by atoms with E-state index < -0.39 is 0 Å². The number of fused-ring (bicyclic) bond motifs is 1. The lowest BCUT2D eigenvalue weighted by molar-refractivity contribution is -0.0119. The van der Waals surface area contributed by atoms with E-state index in [9.17, 15) is 0 Å². The van der Waals surface area contributed by atoms with Crippen LogP contribution in [0, 0.1) is 0 Å². The molecule has 2 heterocycles. The summed E-state index contributed by atoms with van der Waals surface area (Å²) in [5.74, 6) is 0. The molecule has 19 heavy (non-hydrogen) atoms. The van der Waals surface area contributed by atoms with Gasteiger partial charge < -0.3 is 25.1 Å². The van der Waals surface area contributed by atoms with Gasteiger partial charge in [-0.05, 0) is 25.2 Å². The summed E-state index contributed by atoms with van der Waals surface area (Å²) in [6.45, 7) is 3.36. The third kappa shape index (κ3) is 2.80. The molecule has 0 saturated carbocycles. The zero-order chi connectivity index (χ0) is 13.2. The summed E-state index contributed by atoms with van der Waals surface area (Å²) in [7, 11) is 2.09. The smallest absolute Gasteiger partial charge is 0.295 e. The van der Waals surface area contributed by atoms with Gasteiger partial charge in [0.25, 0.3) is 6.01 Å². The normalized spacial score (nSPS) is 20.8. The number of aromatic nitrogens is 1. The molecular weight excluding hydrogens is 244 g/mol. The molecule has 3 rings (SSSR count). The molecule has 1 fully saturated rings. The van der Waals surface area contributed by atoms with Crippen LogP contribution >= 0.6 is 0 Å². The summed E-state index contributed by atoms with van der Waals surface area (Å²) in [6.07, 6.45) is 0.166. The lowest BCUT2D eigenvalue weighted by Crippen LogP contribution is -2.43. The van der Waals surface area contributed by atoms with Crippen molar-refractivity contribution in [3.05, 3.63) is 18.2 Å². The van der Waals surface area contributed by atoms with Crippen LogP contribution in [0.3, 0.4) is 0 Å². The quantitative estimate of drug-likeness (QED) is 0.808. The molecule has 3 N–H and O–H groups in total. The fourth-order valence-corrected chi connectivity index (χ4v) is 2.21. The van der Waals surface area contributed by atoms with Crippen LogP contribution in [-0.2, 0) is 4.74 Å². The second kappa shape index (κ2) is 5.07. The average Bonchev–Trinajstić information content (AvgIpc) is 2.78. The van der Waals surface area contributed by atoms with E-state index in [1.807, 2.05) is 6.07 Å². The average molecular weight is 262 g/mol. The summed E-state index contributed by atoms with van der Waals surface area (Å²) >= 11 is 0. The van der Waals surface area contributed by atoms with E-state index in [1.165, 1.54) is 0 Å². The Labute approximate surface area is 111 Å². The number of morpholine rings is 1. The summed E-state index contributed by atoms with van der Waals surface area (Å²) in [5.41, 5.74) is 7.90. The van der Waals surface area contributed by atoms with Gasteiger partial charge in [0.1, 0.15) is 5.52 Å². The van der Waals surface area contributed by atoms with Crippen LogP contribution < -0.4 is 11.1 Å². The van der Waals surface area contributed by atoms with Crippen LogP contribution in [0.1, 0.15) is 0 Å². The second-order valence-electron chi connectivity index (χ2n) is 4.88. The lowest BCUT2D eigenvalue weighted by Gasteiger charge is -2.29. The van der Waals surface area contributed by atoms with Gasteiger partial charge in [-0.2, -0.15) is 4.98 Å². The Morgan fingerprint density at radius 3 is 3.26 bits per heavy atom. The lowest BCUT2D eigenvalue weighted by atomic mass is 10.3. The highest BCUT2D eigenvalue weighted by atomic mass is 16.5. The molecule has 0 amide bonds. The van der Waals surface area contributed by atoms with E-state index in [1.54, 1.807) is 12.1 Å². The van der Waals surface area contributed by atoms with Crippen LogP contribution in [-0.4, -0.2) is 49.3 Å². The van der Waals surface area contributed by atoms with Crippen molar-refractivity contribution in [2.24, 2.45) is 0 Å². The van der Waals surface area contributed by atoms with Crippen LogP contribution in [0.5, 0.6) is 0 Å². The number of rotatable bonds is 3. The molecule has 1 saturated heterocycles. The van der Waals surface area contributed by atoms with Gasteiger partial charge in [-0.3, -0.25) is 0 Å². The molecule has 102 valence electrons. The standard InChI is InChI=1S/C13H18N4O2/c1-17-4-5-18-10(8-17)7-15-13-16-11-6-9(14)2-3-12(11)19-13/h2-3,6,10H,4-5,7-8,14H2,1H3,(H,15,16). The third-order valence-electron chi connectivity index (χ3n) is 3.23. The van der Waals surface area contributed by atoms with Crippen molar-refractivity contribution in [3.63, 3.8) is 0 Å². The monoisotopic (exact) mass is 262 g/mol. The van der Waals surface area contributed by atoms with Crippen LogP contribution in [0.2, 0.25) is 0 Å². The molecule has 1 atom stereocenters. The van der Waals surface area contributed by atoms with Gasteiger partial charge in [-0.1, -0.05) is 0 Å². The first kappa shape index (κ1) is 12.3. The fraction of sp³-hybridized carbons (Fsp3) is 0.462. The topological polar surface area (TPSA) is 76.5 Å². The summed E-state index contributed by atoms with van der Waals surface area (Å²) in [5, 5.41) is 3.17. The number of nitrogens with one attached hydrogen (secondary N) is 1. The predicted molar refractivity (Wildman–Crippen MR) is 74.1 cm³/mol. The third-order valence-corrected chi connectivity index (χ3v) is 3.23. The molecule has 1 aliphatic rings. The fourth-order valence-electron chi connectivity index (χ4n) is 2.21. The van der Waals surface area contributed by atoms with Gasteiger partial charge in [0.15, 0.2) is 5.58 Å². The molecule has 1 aromatic carbocycles. The molecule has 1 aromatic heterocycles. The van der Waals surface area contributed by atoms with E-state index >= 15 is 0 Å². The number of hydrogen-bond acceptors (Lipinski definition) is 6. The van der Waals surface area contributed by atoms with Crippen molar-refractivity contribution in [3.8, 4) is 0 Å². The SMILES string of the molecule is CN1CCOC(CNc2nc3cc(N)ccc3o2)C1. The Kier molecular flexibility index (Phi) is 3.27. The van der Waals surface area contributed by atoms with Gasteiger partial charge >= 0.3 is 0 Å². The minimum atomic E-state index is 0.166. The van der Waals surface area contributed by atoms with E-state index in [-0.39, 0.29) is 6.10 Å². The Morgan fingerprint density at radius 2 is 2.42 bits per heavy atom. The van der Waals surface area contributed by atoms with Crippen molar-refractivity contribution in [2.45, 2.75) is 6.10 Å². The van der Waals surface area contributed by atoms with Gasteiger partial charge in [0.05, 0.1) is 12.7 Å². The molecular formula is C13H18N4O2. The minimum absolute atomic E-state index is 0.166. The van der Waals surface area contributed by atoms with Crippen LogP contribution in [0.25, 0.3) is 11.1 Å². The van der Waals surface area contributed by atoms with E-state index in [2.05, 4.69) is 22.2 Å². The number of oxazole rings is 1. The summed E-state index contributed by atoms with van der Waals surface area (Å²) < 4.78 is 11.3. The molecule has 1 aliphatic heterocycles. The first-order chi connectivity index (χ1) is 9.20. The van der Waals surface area contributed by atoms with Gasteiger partial charge in [0.2, 0.25) is 0 Å². The summed E-state index contributed by atoms with van der Waals surface area (Å²) in [4.78, 5) is 6.60. The van der Waals surface area contributed by atoms with Crippen molar-refractivity contribution in [1.82, 2.24) is 9.88 Å². The number of anilines is 2. The second-order valence-corrected chi connectivity index (χ2v) is 4.88.